The fourth-order valence-corrected chi connectivity index (χ4v) is 5.66. The van der Waals surface area contributed by atoms with Crippen molar-refractivity contribution in [1.82, 2.24) is 24.3 Å². The van der Waals surface area contributed by atoms with E-state index in [1.165, 1.54) is 21.8 Å². The summed E-state index contributed by atoms with van der Waals surface area (Å²) in [5, 5.41) is 7.41. The largest absolute Gasteiger partial charge is 0.309 e. The van der Waals surface area contributed by atoms with Gasteiger partial charge in [-0.15, -0.1) is 5.10 Å². The lowest BCUT2D eigenvalue weighted by atomic mass is 10.0. The zero-order valence-corrected chi connectivity index (χ0v) is 22.7. The van der Waals surface area contributed by atoms with Gasteiger partial charge in [0.1, 0.15) is 5.69 Å². The van der Waals surface area contributed by atoms with Gasteiger partial charge in [-0.05, 0) is 59.7 Å². The molecule has 0 spiro atoms. The fraction of sp³-hybridized carbons (Fsp3) is 0. The van der Waals surface area contributed by atoms with Gasteiger partial charge in [0.15, 0.2) is 11.6 Å². The molecule has 0 atom stereocenters. The number of fused-ring (bicyclic) bond motifs is 3. The van der Waals surface area contributed by atoms with Gasteiger partial charge in [-0.25, -0.2) is 9.67 Å². The first-order valence-corrected chi connectivity index (χ1v) is 14.0. The van der Waals surface area contributed by atoms with Crippen molar-refractivity contribution in [3.05, 3.63) is 152 Å². The Balaban J connectivity index is 1.13. The van der Waals surface area contributed by atoms with Gasteiger partial charge in [0.25, 0.3) is 0 Å². The van der Waals surface area contributed by atoms with Crippen LogP contribution in [0.25, 0.3) is 67.2 Å². The Bertz CT molecular complexity index is 2050. The number of hydrogen-bond donors (Lipinski definition) is 0. The van der Waals surface area contributed by atoms with Gasteiger partial charge in [0, 0.05) is 28.2 Å². The molecule has 0 unspecified atom stereocenters. The molecule has 0 N–H and O–H groups in total. The van der Waals surface area contributed by atoms with Crippen molar-refractivity contribution in [2.45, 2.75) is 0 Å². The minimum absolute atomic E-state index is 0.660. The normalized spacial score (nSPS) is 11.3. The molecule has 5 aromatic carbocycles. The molecule has 0 amide bonds. The van der Waals surface area contributed by atoms with Crippen LogP contribution >= 0.6 is 0 Å². The van der Waals surface area contributed by atoms with Crippen LogP contribution in [0.5, 0.6) is 0 Å². The molecular weight excluding hydrogens is 514 g/mol. The topological polar surface area (TPSA) is 48.5 Å². The Morgan fingerprint density at radius 2 is 1.02 bits per heavy atom. The number of benzene rings is 5. The molecule has 8 rings (SSSR count). The quantitative estimate of drug-likeness (QED) is 0.220. The third-order valence-electron chi connectivity index (χ3n) is 7.68. The van der Waals surface area contributed by atoms with Crippen LogP contribution < -0.4 is 0 Å². The highest BCUT2D eigenvalue weighted by Crippen LogP contribution is 2.33. The van der Waals surface area contributed by atoms with Crippen molar-refractivity contribution in [1.29, 1.82) is 0 Å². The number of aromatic nitrogens is 5. The minimum atomic E-state index is 0.660. The zero-order chi connectivity index (χ0) is 27.9. The molecule has 3 aromatic heterocycles. The van der Waals surface area contributed by atoms with E-state index in [9.17, 15) is 0 Å². The second-order valence-corrected chi connectivity index (χ2v) is 10.2. The van der Waals surface area contributed by atoms with E-state index in [1.807, 2.05) is 53.2 Å². The molecule has 5 heteroatoms. The lowest BCUT2D eigenvalue weighted by molar-refractivity contribution is 0.886. The van der Waals surface area contributed by atoms with Crippen LogP contribution in [0.4, 0.5) is 0 Å². The van der Waals surface area contributed by atoms with E-state index in [0.717, 1.165) is 33.8 Å². The van der Waals surface area contributed by atoms with E-state index in [4.69, 9.17) is 10.1 Å². The summed E-state index contributed by atoms with van der Waals surface area (Å²) in [5.41, 5.74) is 8.53. The number of nitrogens with zero attached hydrogens (tertiary/aromatic N) is 5. The van der Waals surface area contributed by atoms with Gasteiger partial charge in [0.2, 0.25) is 0 Å². The SMILES string of the molecule is c1ccc(-n2nc(-c3ccc(-c4ccc(-n5c6ccccc6c6ccccc65)cc4)cc3)nc2-c2ccccn2)cc1. The van der Waals surface area contributed by atoms with Crippen LogP contribution in [-0.2, 0) is 0 Å². The molecule has 0 radical (unpaired) electrons. The Morgan fingerprint density at radius 3 is 1.67 bits per heavy atom. The molecule has 5 nitrogen and oxygen atoms in total. The lowest BCUT2D eigenvalue weighted by Gasteiger charge is -2.09. The molecule has 3 heterocycles. The third-order valence-corrected chi connectivity index (χ3v) is 7.68. The van der Waals surface area contributed by atoms with E-state index in [1.54, 1.807) is 6.20 Å². The Hall–Kier alpha value is -5.81. The summed E-state index contributed by atoms with van der Waals surface area (Å²) >= 11 is 0. The van der Waals surface area contributed by atoms with E-state index in [-0.39, 0.29) is 0 Å². The average molecular weight is 540 g/mol. The zero-order valence-electron chi connectivity index (χ0n) is 22.7. The Labute approximate surface area is 243 Å². The molecule has 0 aliphatic carbocycles. The van der Waals surface area contributed by atoms with Crippen molar-refractivity contribution in [2.24, 2.45) is 0 Å². The second-order valence-electron chi connectivity index (χ2n) is 10.2. The molecule has 198 valence electrons. The van der Waals surface area contributed by atoms with Crippen molar-refractivity contribution < 1.29 is 0 Å². The summed E-state index contributed by atoms with van der Waals surface area (Å²) in [6.45, 7) is 0. The highest BCUT2D eigenvalue weighted by atomic mass is 15.4. The summed E-state index contributed by atoms with van der Waals surface area (Å²) in [6, 6.07) is 50.3. The summed E-state index contributed by atoms with van der Waals surface area (Å²) in [7, 11) is 0. The highest BCUT2D eigenvalue weighted by Gasteiger charge is 2.16. The van der Waals surface area contributed by atoms with Crippen molar-refractivity contribution in [3.63, 3.8) is 0 Å². The van der Waals surface area contributed by atoms with Crippen LogP contribution in [0.3, 0.4) is 0 Å². The van der Waals surface area contributed by atoms with Gasteiger partial charge in [0.05, 0.1) is 16.7 Å². The maximum atomic E-state index is 4.91. The first-order valence-electron chi connectivity index (χ1n) is 14.0. The molecule has 0 saturated carbocycles. The van der Waals surface area contributed by atoms with Crippen LogP contribution in [0.15, 0.2) is 152 Å². The molecule has 0 fully saturated rings. The molecule has 0 aliphatic heterocycles. The molecule has 0 bridgehead atoms. The van der Waals surface area contributed by atoms with Gasteiger partial charge < -0.3 is 4.57 Å². The fourth-order valence-electron chi connectivity index (χ4n) is 5.66. The molecule has 8 aromatic rings. The average Bonchev–Trinajstić information content (AvgIpc) is 3.66. The van der Waals surface area contributed by atoms with Crippen molar-refractivity contribution >= 4 is 21.8 Å². The number of hydrogen-bond acceptors (Lipinski definition) is 3. The van der Waals surface area contributed by atoms with Crippen LogP contribution in [0, 0.1) is 0 Å². The predicted octanol–water partition coefficient (Wildman–Crippen LogP) is 8.76. The van der Waals surface area contributed by atoms with Crippen LogP contribution in [0.2, 0.25) is 0 Å². The van der Waals surface area contributed by atoms with E-state index in [2.05, 4.69) is 107 Å². The summed E-state index contributed by atoms with van der Waals surface area (Å²) in [6.07, 6.45) is 1.78. The van der Waals surface area contributed by atoms with Crippen LogP contribution in [0.1, 0.15) is 0 Å². The van der Waals surface area contributed by atoms with Crippen molar-refractivity contribution in [2.75, 3.05) is 0 Å². The maximum absolute atomic E-state index is 4.91. The highest BCUT2D eigenvalue weighted by molar-refractivity contribution is 6.09. The van der Waals surface area contributed by atoms with E-state index < -0.39 is 0 Å². The summed E-state index contributed by atoms with van der Waals surface area (Å²) < 4.78 is 4.20. The first kappa shape index (κ1) is 24.0. The third kappa shape index (κ3) is 4.07. The summed E-state index contributed by atoms with van der Waals surface area (Å²) in [5.74, 6) is 1.37. The van der Waals surface area contributed by atoms with Crippen molar-refractivity contribution in [3.8, 4) is 45.4 Å². The molecule has 0 saturated heterocycles. The Morgan fingerprint density at radius 1 is 0.452 bits per heavy atom. The standard InChI is InChI=1S/C37H25N5/c1-2-10-30(11-3-1)42-37(33-14-8-9-25-38-33)39-36(40-42)28-19-17-26(18-20-28)27-21-23-29(24-22-27)41-34-15-6-4-12-31(34)32-13-5-7-16-35(32)41/h1-25H. The monoisotopic (exact) mass is 539 g/mol. The van der Waals surface area contributed by atoms with Gasteiger partial charge >= 0.3 is 0 Å². The van der Waals surface area contributed by atoms with Gasteiger partial charge in [-0.1, -0.05) is 97.1 Å². The van der Waals surface area contributed by atoms with E-state index >= 15 is 0 Å². The number of para-hydroxylation sites is 3. The van der Waals surface area contributed by atoms with E-state index in [0.29, 0.717) is 11.6 Å². The first-order chi connectivity index (χ1) is 20.8. The maximum Gasteiger partial charge on any atom is 0.182 e. The predicted molar refractivity (Wildman–Crippen MR) is 170 cm³/mol. The Kier molecular flexibility index (Phi) is 5.71. The van der Waals surface area contributed by atoms with Gasteiger partial charge in [-0.2, -0.15) is 0 Å². The number of pyridine rings is 1. The second kappa shape index (κ2) is 9.98. The molecule has 42 heavy (non-hydrogen) atoms. The summed E-state index contributed by atoms with van der Waals surface area (Å²) in [4.78, 5) is 9.44. The lowest BCUT2D eigenvalue weighted by Crippen LogP contribution is -2.00. The minimum Gasteiger partial charge on any atom is -0.309 e. The smallest absolute Gasteiger partial charge is 0.182 e. The van der Waals surface area contributed by atoms with Gasteiger partial charge in [-0.3, -0.25) is 4.98 Å². The van der Waals surface area contributed by atoms with Crippen LogP contribution in [-0.4, -0.2) is 24.3 Å². The number of rotatable bonds is 5. The molecular formula is C37H25N5. The molecule has 0 aliphatic rings.